The number of rotatable bonds is 5. The minimum absolute atomic E-state index is 0.255. The zero-order chi connectivity index (χ0) is 10.4. The third kappa shape index (κ3) is 2.55. The minimum Gasteiger partial charge on any atom is -0.381 e. The molecule has 0 aromatic heterocycles. The molecule has 0 N–H and O–H groups in total. The molecule has 3 nitrogen and oxygen atoms in total. The summed E-state index contributed by atoms with van der Waals surface area (Å²) in [5.74, 6) is 0.255. The van der Waals surface area contributed by atoms with E-state index in [0.29, 0.717) is 32.5 Å². The van der Waals surface area contributed by atoms with Gasteiger partial charge in [0.05, 0.1) is 0 Å². The summed E-state index contributed by atoms with van der Waals surface area (Å²) in [7, 11) is 1.63. The zero-order valence-electron chi connectivity index (χ0n) is 9.17. The van der Waals surface area contributed by atoms with E-state index in [1.165, 1.54) is 0 Å². The van der Waals surface area contributed by atoms with E-state index >= 15 is 0 Å². The molecule has 1 heterocycles. The first-order valence-corrected chi connectivity index (χ1v) is 5.41. The van der Waals surface area contributed by atoms with Gasteiger partial charge in [0.15, 0.2) is 5.78 Å². The molecule has 14 heavy (non-hydrogen) atoms. The summed E-state index contributed by atoms with van der Waals surface area (Å²) < 4.78 is 10.7. The lowest BCUT2D eigenvalue weighted by Gasteiger charge is -2.34. The van der Waals surface area contributed by atoms with Crippen LogP contribution in [0.5, 0.6) is 0 Å². The molecule has 1 aliphatic heterocycles. The van der Waals surface area contributed by atoms with Crippen molar-refractivity contribution >= 4 is 5.78 Å². The monoisotopic (exact) mass is 200 g/mol. The van der Waals surface area contributed by atoms with Gasteiger partial charge in [-0.25, -0.2) is 0 Å². The zero-order valence-corrected chi connectivity index (χ0v) is 9.17. The van der Waals surface area contributed by atoms with E-state index in [0.717, 1.165) is 12.8 Å². The molecule has 0 atom stereocenters. The Kier molecular flexibility index (Phi) is 4.55. The van der Waals surface area contributed by atoms with Gasteiger partial charge in [-0.05, 0) is 6.42 Å². The summed E-state index contributed by atoms with van der Waals surface area (Å²) in [4.78, 5) is 11.9. The van der Waals surface area contributed by atoms with Gasteiger partial charge in [-0.15, -0.1) is 0 Å². The van der Waals surface area contributed by atoms with Gasteiger partial charge < -0.3 is 9.47 Å². The normalized spacial score (nSPS) is 20.7. The molecular weight excluding hydrogens is 180 g/mol. The SMILES string of the molecule is CCCCC(=O)C1(OC)CCOCC1. The Hall–Kier alpha value is -0.410. The van der Waals surface area contributed by atoms with E-state index in [4.69, 9.17) is 9.47 Å². The average molecular weight is 200 g/mol. The largest absolute Gasteiger partial charge is 0.381 e. The first kappa shape index (κ1) is 11.7. The molecule has 0 bridgehead atoms. The molecule has 1 saturated heterocycles. The molecule has 0 aromatic rings. The molecule has 0 radical (unpaired) electrons. The Morgan fingerprint density at radius 1 is 1.43 bits per heavy atom. The Morgan fingerprint density at radius 3 is 2.57 bits per heavy atom. The minimum atomic E-state index is -0.534. The summed E-state index contributed by atoms with van der Waals surface area (Å²) in [6.45, 7) is 3.38. The fourth-order valence-electron chi connectivity index (χ4n) is 1.86. The van der Waals surface area contributed by atoms with Crippen molar-refractivity contribution in [1.29, 1.82) is 0 Å². The maximum Gasteiger partial charge on any atom is 0.164 e. The predicted molar refractivity (Wildman–Crippen MR) is 54.3 cm³/mol. The number of ketones is 1. The number of hydrogen-bond donors (Lipinski definition) is 0. The highest BCUT2D eigenvalue weighted by Crippen LogP contribution is 2.27. The molecule has 1 rings (SSSR count). The molecule has 0 saturated carbocycles. The molecule has 0 aliphatic carbocycles. The van der Waals surface area contributed by atoms with Crippen LogP contribution in [0.25, 0.3) is 0 Å². The van der Waals surface area contributed by atoms with Gasteiger partial charge in [0.2, 0.25) is 0 Å². The van der Waals surface area contributed by atoms with Crippen LogP contribution in [0.15, 0.2) is 0 Å². The summed E-state index contributed by atoms with van der Waals surface area (Å²) in [6, 6.07) is 0. The number of Topliss-reactive ketones (excluding diaryl/α,β-unsaturated/α-hetero) is 1. The van der Waals surface area contributed by atoms with Crippen LogP contribution < -0.4 is 0 Å². The van der Waals surface area contributed by atoms with E-state index in [1.54, 1.807) is 7.11 Å². The second kappa shape index (κ2) is 5.47. The third-order valence-corrected chi connectivity index (χ3v) is 2.96. The van der Waals surface area contributed by atoms with Crippen molar-refractivity contribution in [2.75, 3.05) is 20.3 Å². The Balaban J connectivity index is 2.53. The smallest absolute Gasteiger partial charge is 0.164 e. The quantitative estimate of drug-likeness (QED) is 0.680. The number of carbonyl (C=O) groups excluding carboxylic acids is 1. The van der Waals surface area contributed by atoms with Crippen LogP contribution in [-0.4, -0.2) is 31.7 Å². The lowest BCUT2D eigenvalue weighted by molar-refractivity contribution is -0.152. The van der Waals surface area contributed by atoms with Crippen molar-refractivity contribution in [2.45, 2.75) is 44.6 Å². The van der Waals surface area contributed by atoms with Crippen LogP contribution in [0.1, 0.15) is 39.0 Å². The maximum atomic E-state index is 11.9. The number of unbranched alkanes of at least 4 members (excludes halogenated alkanes) is 1. The number of carbonyl (C=O) groups is 1. The molecule has 0 aromatic carbocycles. The van der Waals surface area contributed by atoms with Gasteiger partial charge in [0.1, 0.15) is 5.60 Å². The topological polar surface area (TPSA) is 35.5 Å². The molecule has 1 fully saturated rings. The Bertz CT molecular complexity index is 183. The van der Waals surface area contributed by atoms with Crippen molar-refractivity contribution in [1.82, 2.24) is 0 Å². The van der Waals surface area contributed by atoms with Crippen LogP contribution in [-0.2, 0) is 14.3 Å². The average Bonchev–Trinajstić information content (AvgIpc) is 2.26. The van der Waals surface area contributed by atoms with E-state index in [9.17, 15) is 4.79 Å². The number of hydrogen-bond acceptors (Lipinski definition) is 3. The highest BCUT2D eigenvalue weighted by molar-refractivity contribution is 5.87. The van der Waals surface area contributed by atoms with E-state index in [-0.39, 0.29) is 5.78 Å². The van der Waals surface area contributed by atoms with Crippen molar-refractivity contribution in [3.63, 3.8) is 0 Å². The van der Waals surface area contributed by atoms with Crippen LogP contribution >= 0.6 is 0 Å². The lowest BCUT2D eigenvalue weighted by atomic mass is 9.87. The first-order chi connectivity index (χ1) is 6.75. The van der Waals surface area contributed by atoms with Gasteiger partial charge in [-0.3, -0.25) is 4.79 Å². The van der Waals surface area contributed by atoms with Gasteiger partial charge in [0, 0.05) is 39.6 Å². The molecule has 0 spiro atoms. The summed E-state index contributed by atoms with van der Waals surface area (Å²) >= 11 is 0. The highest BCUT2D eigenvalue weighted by Gasteiger charge is 2.38. The third-order valence-electron chi connectivity index (χ3n) is 2.96. The standard InChI is InChI=1S/C11H20O3/c1-3-4-5-10(12)11(13-2)6-8-14-9-7-11/h3-9H2,1-2H3. The van der Waals surface area contributed by atoms with Gasteiger partial charge in [-0.1, -0.05) is 13.3 Å². The summed E-state index contributed by atoms with van der Waals surface area (Å²) in [6.07, 6.45) is 4.09. The van der Waals surface area contributed by atoms with Crippen LogP contribution in [0, 0.1) is 0 Å². The number of methoxy groups -OCH3 is 1. The molecule has 0 amide bonds. The van der Waals surface area contributed by atoms with Crippen LogP contribution in [0.4, 0.5) is 0 Å². The van der Waals surface area contributed by atoms with Crippen LogP contribution in [0.2, 0.25) is 0 Å². The highest BCUT2D eigenvalue weighted by atomic mass is 16.5. The molecule has 3 heteroatoms. The van der Waals surface area contributed by atoms with Crippen LogP contribution in [0.3, 0.4) is 0 Å². The molecule has 0 unspecified atom stereocenters. The van der Waals surface area contributed by atoms with E-state index in [1.807, 2.05) is 0 Å². The van der Waals surface area contributed by atoms with Gasteiger partial charge in [0.25, 0.3) is 0 Å². The van der Waals surface area contributed by atoms with Gasteiger partial charge in [-0.2, -0.15) is 0 Å². The molecule has 82 valence electrons. The second-order valence-corrected chi connectivity index (χ2v) is 3.84. The first-order valence-electron chi connectivity index (χ1n) is 5.41. The van der Waals surface area contributed by atoms with Crippen molar-refractivity contribution in [3.05, 3.63) is 0 Å². The fourth-order valence-corrected chi connectivity index (χ4v) is 1.86. The van der Waals surface area contributed by atoms with Crippen molar-refractivity contribution < 1.29 is 14.3 Å². The van der Waals surface area contributed by atoms with Gasteiger partial charge >= 0.3 is 0 Å². The summed E-state index contributed by atoms with van der Waals surface area (Å²) in [5, 5.41) is 0. The Morgan fingerprint density at radius 2 is 2.07 bits per heavy atom. The summed E-state index contributed by atoms with van der Waals surface area (Å²) in [5.41, 5.74) is -0.534. The van der Waals surface area contributed by atoms with Crippen molar-refractivity contribution in [2.24, 2.45) is 0 Å². The van der Waals surface area contributed by atoms with E-state index in [2.05, 4.69) is 6.92 Å². The molecule has 1 aliphatic rings. The fraction of sp³-hybridized carbons (Fsp3) is 0.909. The lowest BCUT2D eigenvalue weighted by Crippen LogP contribution is -2.45. The Labute approximate surface area is 85.8 Å². The van der Waals surface area contributed by atoms with E-state index < -0.39 is 5.60 Å². The number of ether oxygens (including phenoxy) is 2. The molecular formula is C11H20O3. The van der Waals surface area contributed by atoms with Crippen molar-refractivity contribution in [3.8, 4) is 0 Å². The predicted octanol–water partition coefficient (Wildman–Crippen LogP) is 1.94. The second-order valence-electron chi connectivity index (χ2n) is 3.84. The maximum absolute atomic E-state index is 11.9.